The van der Waals surface area contributed by atoms with E-state index in [4.69, 9.17) is 10.8 Å². The van der Waals surface area contributed by atoms with Crippen LogP contribution in [0, 0.1) is 0 Å². The molecular formula is C10H10N2O4S. The first-order chi connectivity index (χ1) is 7.97. The summed E-state index contributed by atoms with van der Waals surface area (Å²) in [5.41, 5.74) is 5.39. The fourth-order valence-electron chi connectivity index (χ4n) is 1.24. The fraction of sp³-hybridized carbons (Fsp3) is 0.100. The molecule has 0 unspecified atom stereocenters. The fourth-order valence-corrected chi connectivity index (χ4v) is 1.86. The minimum Gasteiger partial charge on any atom is -0.474 e. The number of carboxylic acid groups (broad SMARTS) is 1. The van der Waals surface area contributed by atoms with Crippen molar-refractivity contribution in [2.75, 3.05) is 11.6 Å². The molecule has 0 radical (unpaired) electrons. The van der Waals surface area contributed by atoms with Crippen molar-refractivity contribution in [1.82, 2.24) is 0 Å². The predicted octanol–water partition coefficient (Wildman–Crippen LogP) is 0.531. The molecule has 2 amide bonds. The van der Waals surface area contributed by atoms with E-state index < -0.39 is 17.8 Å². The lowest BCUT2D eigenvalue weighted by Gasteiger charge is -2.10. The molecule has 0 saturated heterocycles. The van der Waals surface area contributed by atoms with Crippen LogP contribution in [0.2, 0.25) is 0 Å². The van der Waals surface area contributed by atoms with Gasteiger partial charge in [0.25, 0.3) is 5.91 Å². The molecule has 0 aliphatic heterocycles. The zero-order chi connectivity index (χ0) is 13.0. The first kappa shape index (κ1) is 13.0. The monoisotopic (exact) mass is 254 g/mol. The summed E-state index contributed by atoms with van der Waals surface area (Å²) >= 11 is 1.27. The molecule has 1 rings (SSSR count). The number of hydrogen-bond acceptors (Lipinski definition) is 4. The Balaban J connectivity index is 3.19. The van der Waals surface area contributed by atoms with Crippen molar-refractivity contribution in [2.24, 2.45) is 5.73 Å². The Hall–Kier alpha value is -2.02. The maximum absolute atomic E-state index is 11.3. The van der Waals surface area contributed by atoms with E-state index in [9.17, 15) is 14.4 Å². The number of hydrogen-bond donors (Lipinski definition) is 3. The Morgan fingerprint density at radius 3 is 2.47 bits per heavy atom. The molecular weight excluding hydrogens is 244 g/mol. The highest BCUT2D eigenvalue weighted by molar-refractivity contribution is 7.98. The number of benzene rings is 1. The lowest BCUT2D eigenvalue weighted by molar-refractivity contribution is -0.147. The molecule has 0 fully saturated rings. The highest BCUT2D eigenvalue weighted by Gasteiger charge is 2.18. The molecule has 0 heterocycles. The van der Waals surface area contributed by atoms with Crippen LogP contribution in [0.4, 0.5) is 5.69 Å². The second-order valence-corrected chi connectivity index (χ2v) is 3.85. The minimum atomic E-state index is -1.63. The molecule has 0 aliphatic carbocycles. The average Bonchev–Trinajstić information content (AvgIpc) is 2.27. The molecule has 1 aromatic carbocycles. The number of carboxylic acids is 1. The SMILES string of the molecule is CSc1cccc(NC(=O)C(=O)O)c1C(N)=O. The number of thioether (sulfide) groups is 1. The lowest BCUT2D eigenvalue weighted by Crippen LogP contribution is -2.24. The second-order valence-electron chi connectivity index (χ2n) is 3.01. The third kappa shape index (κ3) is 2.97. The molecule has 0 spiro atoms. The van der Waals surface area contributed by atoms with Crippen LogP contribution in [0.5, 0.6) is 0 Å². The molecule has 7 heteroatoms. The van der Waals surface area contributed by atoms with E-state index in [-0.39, 0.29) is 11.3 Å². The Labute approximate surface area is 101 Å². The first-order valence-electron chi connectivity index (χ1n) is 4.48. The van der Waals surface area contributed by atoms with E-state index in [1.807, 2.05) is 0 Å². The normalized spacial score (nSPS) is 9.71. The highest BCUT2D eigenvalue weighted by Crippen LogP contribution is 2.26. The molecule has 4 N–H and O–H groups in total. The smallest absolute Gasteiger partial charge is 0.394 e. The van der Waals surface area contributed by atoms with Crippen molar-refractivity contribution in [2.45, 2.75) is 4.90 Å². The molecule has 0 atom stereocenters. The molecule has 0 saturated carbocycles. The second kappa shape index (κ2) is 5.35. The highest BCUT2D eigenvalue weighted by atomic mass is 32.2. The van der Waals surface area contributed by atoms with Gasteiger partial charge in [-0.15, -0.1) is 11.8 Å². The van der Waals surface area contributed by atoms with Crippen LogP contribution >= 0.6 is 11.8 Å². The van der Waals surface area contributed by atoms with Crippen LogP contribution in [0.1, 0.15) is 10.4 Å². The molecule has 0 aromatic heterocycles. The zero-order valence-corrected chi connectivity index (χ0v) is 9.71. The van der Waals surface area contributed by atoms with Gasteiger partial charge in [-0.1, -0.05) is 6.07 Å². The number of anilines is 1. The number of carbonyl (C=O) groups excluding carboxylic acids is 2. The van der Waals surface area contributed by atoms with Crippen LogP contribution in [0.15, 0.2) is 23.1 Å². The largest absolute Gasteiger partial charge is 0.474 e. The van der Waals surface area contributed by atoms with Gasteiger partial charge in [-0.25, -0.2) is 4.79 Å². The number of nitrogens with one attached hydrogen (secondary N) is 1. The van der Waals surface area contributed by atoms with Crippen molar-refractivity contribution >= 4 is 35.2 Å². The summed E-state index contributed by atoms with van der Waals surface area (Å²) in [4.78, 5) is 33.3. The molecule has 90 valence electrons. The van der Waals surface area contributed by atoms with E-state index in [0.29, 0.717) is 4.90 Å². The van der Waals surface area contributed by atoms with Crippen LogP contribution in [-0.2, 0) is 9.59 Å². The maximum Gasteiger partial charge on any atom is 0.394 e. The van der Waals surface area contributed by atoms with Crippen molar-refractivity contribution in [3.63, 3.8) is 0 Å². The van der Waals surface area contributed by atoms with Crippen LogP contribution < -0.4 is 11.1 Å². The minimum absolute atomic E-state index is 0.0942. The van der Waals surface area contributed by atoms with Gasteiger partial charge >= 0.3 is 11.9 Å². The number of rotatable bonds is 3. The van der Waals surface area contributed by atoms with Gasteiger partial charge in [-0.2, -0.15) is 0 Å². The number of primary amides is 1. The van der Waals surface area contributed by atoms with Crippen molar-refractivity contribution in [1.29, 1.82) is 0 Å². The van der Waals surface area contributed by atoms with Gasteiger partial charge < -0.3 is 16.2 Å². The van der Waals surface area contributed by atoms with Gasteiger partial charge in [0.1, 0.15) is 0 Å². The lowest BCUT2D eigenvalue weighted by atomic mass is 10.1. The van der Waals surface area contributed by atoms with E-state index >= 15 is 0 Å². The number of carbonyl (C=O) groups is 3. The van der Waals surface area contributed by atoms with Gasteiger partial charge in [0.2, 0.25) is 0 Å². The standard InChI is InChI=1S/C10H10N2O4S/c1-17-6-4-2-3-5(7(6)8(11)13)12-9(14)10(15)16/h2-4H,1H3,(H2,11,13)(H,12,14)(H,15,16). The molecule has 17 heavy (non-hydrogen) atoms. The number of nitrogens with two attached hydrogens (primary N) is 1. The summed E-state index contributed by atoms with van der Waals surface area (Å²) in [6.45, 7) is 0. The molecule has 0 bridgehead atoms. The number of amides is 2. The Kier molecular flexibility index (Phi) is 4.11. The summed E-state index contributed by atoms with van der Waals surface area (Å²) in [7, 11) is 0. The van der Waals surface area contributed by atoms with E-state index in [2.05, 4.69) is 5.32 Å². The summed E-state index contributed by atoms with van der Waals surface area (Å²) in [5, 5.41) is 10.6. The Morgan fingerprint density at radius 1 is 1.35 bits per heavy atom. The van der Waals surface area contributed by atoms with Crippen molar-refractivity contribution in [3.8, 4) is 0 Å². The summed E-state index contributed by atoms with van der Waals surface area (Å²) in [6.07, 6.45) is 1.74. The van der Waals surface area contributed by atoms with Crippen LogP contribution in [0.3, 0.4) is 0 Å². The van der Waals surface area contributed by atoms with Gasteiger partial charge in [-0.05, 0) is 18.4 Å². The van der Waals surface area contributed by atoms with Crippen molar-refractivity contribution in [3.05, 3.63) is 23.8 Å². The predicted molar refractivity (Wildman–Crippen MR) is 63.0 cm³/mol. The number of aliphatic carboxylic acids is 1. The quantitative estimate of drug-likeness (QED) is 0.538. The van der Waals surface area contributed by atoms with Crippen LogP contribution in [-0.4, -0.2) is 29.1 Å². The average molecular weight is 254 g/mol. The summed E-state index contributed by atoms with van der Waals surface area (Å²) in [5.74, 6) is -3.57. The molecule has 0 aliphatic rings. The third-order valence-corrected chi connectivity index (χ3v) is 2.72. The van der Waals surface area contributed by atoms with Gasteiger partial charge in [0.05, 0.1) is 11.3 Å². The van der Waals surface area contributed by atoms with E-state index in [1.165, 1.54) is 17.8 Å². The van der Waals surface area contributed by atoms with Gasteiger partial charge in [-0.3, -0.25) is 9.59 Å². The van der Waals surface area contributed by atoms with Gasteiger partial charge in [0, 0.05) is 4.90 Å². The van der Waals surface area contributed by atoms with E-state index in [0.717, 1.165) is 0 Å². The van der Waals surface area contributed by atoms with Crippen LogP contribution in [0.25, 0.3) is 0 Å². The topological polar surface area (TPSA) is 109 Å². The summed E-state index contributed by atoms with van der Waals surface area (Å²) < 4.78 is 0. The molecule has 1 aromatic rings. The maximum atomic E-state index is 11.3. The Bertz CT molecular complexity index is 487. The van der Waals surface area contributed by atoms with Crippen molar-refractivity contribution < 1.29 is 19.5 Å². The summed E-state index contributed by atoms with van der Waals surface area (Å²) in [6, 6.07) is 4.66. The first-order valence-corrected chi connectivity index (χ1v) is 5.71. The van der Waals surface area contributed by atoms with E-state index in [1.54, 1.807) is 18.4 Å². The molecule has 6 nitrogen and oxygen atoms in total. The van der Waals surface area contributed by atoms with Gasteiger partial charge in [0.15, 0.2) is 0 Å². The zero-order valence-electron chi connectivity index (χ0n) is 8.89. The third-order valence-electron chi connectivity index (χ3n) is 1.93. The Morgan fingerprint density at radius 2 is 2.00 bits per heavy atom.